The summed E-state index contributed by atoms with van der Waals surface area (Å²) < 4.78 is 1.70. The first-order valence-electron chi connectivity index (χ1n) is 5.99. The van der Waals surface area contributed by atoms with Crippen LogP contribution in [0.3, 0.4) is 0 Å². The molecule has 2 heteroatoms. The van der Waals surface area contributed by atoms with Gasteiger partial charge in [-0.05, 0) is 0 Å². The molecule has 0 bridgehead atoms. The van der Waals surface area contributed by atoms with Crippen LogP contribution in [-0.4, -0.2) is 26.5 Å². The van der Waals surface area contributed by atoms with Crippen LogP contribution in [0.1, 0.15) is 5.56 Å². The normalized spacial score (nSPS) is 14.0. The van der Waals surface area contributed by atoms with Gasteiger partial charge in [0.2, 0.25) is 0 Å². The van der Waals surface area contributed by atoms with E-state index in [-0.39, 0.29) is 0 Å². The molecule has 16 heavy (non-hydrogen) atoms. The van der Waals surface area contributed by atoms with Crippen LogP contribution in [0.4, 0.5) is 0 Å². The molecular weight excluding hydrogens is 315 g/mol. The predicted molar refractivity (Wildman–Crippen MR) is 81.1 cm³/mol. The molecule has 0 aliphatic carbocycles. The van der Waals surface area contributed by atoms with Crippen molar-refractivity contribution in [1.29, 1.82) is 0 Å². The Kier molecular flexibility index (Phi) is 4.46. The Balaban J connectivity index is 3.24. The Morgan fingerprint density at radius 3 is 1.88 bits per heavy atom. The topological polar surface area (TPSA) is 0 Å². The molecule has 0 radical (unpaired) electrons. The Morgan fingerprint density at radius 2 is 1.50 bits per heavy atom. The number of hydrogen-bond acceptors (Lipinski definition) is 0. The second-order valence-corrected chi connectivity index (χ2v) is 25.9. The number of benzene rings is 1. The number of rotatable bonds is 3. The first kappa shape index (κ1) is 14.0. The Hall–Kier alpha value is -0.0244. The zero-order chi connectivity index (χ0) is 12.4. The van der Waals surface area contributed by atoms with Crippen molar-refractivity contribution in [2.45, 2.75) is 34.5 Å². The molecule has 0 N–H and O–H groups in total. The molecule has 1 rings (SSSR count). The van der Waals surface area contributed by atoms with E-state index in [4.69, 9.17) is 0 Å². The van der Waals surface area contributed by atoms with Crippen molar-refractivity contribution in [3.8, 4) is 0 Å². The van der Waals surface area contributed by atoms with E-state index in [1.54, 1.807) is 3.59 Å². The molecule has 0 saturated heterocycles. The van der Waals surface area contributed by atoms with E-state index in [1.807, 2.05) is 0 Å². The van der Waals surface area contributed by atoms with Crippen molar-refractivity contribution in [2.75, 3.05) is 0 Å². The quantitative estimate of drug-likeness (QED) is 0.693. The molecular formula is C14H24SiSn. The Bertz CT molecular complexity index is 366. The van der Waals surface area contributed by atoms with Crippen LogP contribution >= 0.6 is 0 Å². The van der Waals surface area contributed by atoms with E-state index in [0.29, 0.717) is 0 Å². The summed E-state index contributed by atoms with van der Waals surface area (Å²) in [6.07, 6.45) is 0. The molecule has 0 unspecified atom stereocenters. The Morgan fingerprint density at radius 1 is 1.00 bits per heavy atom. The molecule has 0 atom stereocenters. The SMILES string of the molecule is C[Si](C)(C)/C=[C](/c1ccccc1)[Sn]([CH3])([CH3])[CH3]. The van der Waals surface area contributed by atoms with Crippen LogP contribution in [0.5, 0.6) is 0 Å². The summed E-state index contributed by atoms with van der Waals surface area (Å²) in [6, 6.07) is 11.0. The zero-order valence-electron chi connectivity index (χ0n) is 11.5. The standard InChI is InChI=1S/C11H15Si.3CH3.Sn/c1-12(2,3)10-9-11-7-5-4-6-8-11;;;;/h4-8,10H,1-3H3;3*1H3;. The van der Waals surface area contributed by atoms with Crippen LogP contribution in [0.15, 0.2) is 36.0 Å². The molecule has 0 spiro atoms. The summed E-state index contributed by atoms with van der Waals surface area (Å²) in [7, 11) is -1.12. The van der Waals surface area contributed by atoms with Gasteiger partial charge in [0.25, 0.3) is 0 Å². The van der Waals surface area contributed by atoms with Gasteiger partial charge >= 0.3 is 106 Å². The van der Waals surface area contributed by atoms with Gasteiger partial charge in [-0.1, -0.05) is 0 Å². The van der Waals surface area contributed by atoms with Gasteiger partial charge in [0, 0.05) is 0 Å². The van der Waals surface area contributed by atoms with Gasteiger partial charge in [0.1, 0.15) is 0 Å². The molecule has 88 valence electrons. The first-order chi connectivity index (χ1) is 7.20. The molecule has 1 aromatic carbocycles. The van der Waals surface area contributed by atoms with Gasteiger partial charge in [0.05, 0.1) is 0 Å². The van der Waals surface area contributed by atoms with Gasteiger partial charge in [0.15, 0.2) is 0 Å². The molecule has 0 fully saturated rings. The first-order valence-corrected chi connectivity index (χ1v) is 19.6. The second-order valence-electron chi connectivity index (χ2n) is 6.54. The fourth-order valence-corrected chi connectivity index (χ4v) is 13.6. The van der Waals surface area contributed by atoms with Gasteiger partial charge in [-0.2, -0.15) is 0 Å². The van der Waals surface area contributed by atoms with Gasteiger partial charge < -0.3 is 0 Å². The zero-order valence-corrected chi connectivity index (χ0v) is 15.3. The van der Waals surface area contributed by atoms with Crippen molar-refractivity contribution < 1.29 is 0 Å². The molecule has 0 amide bonds. The van der Waals surface area contributed by atoms with E-state index >= 15 is 0 Å². The van der Waals surface area contributed by atoms with E-state index < -0.39 is 26.5 Å². The molecule has 0 saturated carbocycles. The predicted octanol–water partition coefficient (Wildman–Crippen LogP) is 4.82. The molecule has 0 heterocycles. The van der Waals surface area contributed by atoms with E-state index in [0.717, 1.165) is 0 Å². The summed E-state index contributed by atoms with van der Waals surface area (Å²) in [5, 5.41) is 0. The van der Waals surface area contributed by atoms with Crippen molar-refractivity contribution >= 4 is 30.0 Å². The van der Waals surface area contributed by atoms with Crippen LogP contribution < -0.4 is 0 Å². The van der Waals surface area contributed by atoms with E-state index in [9.17, 15) is 0 Å². The van der Waals surface area contributed by atoms with Crippen molar-refractivity contribution in [3.63, 3.8) is 0 Å². The monoisotopic (exact) mass is 340 g/mol. The van der Waals surface area contributed by atoms with Gasteiger partial charge in [-0.25, -0.2) is 0 Å². The summed E-state index contributed by atoms with van der Waals surface area (Å²) in [5.74, 6) is 0. The molecule has 0 aliphatic rings. The minimum absolute atomic E-state index is 1.12. The maximum atomic E-state index is 2.62. The summed E-state index contributed by atoms with van der Waals surface area (Å²) in [4.78, 5) is 7.52. The second kappa shape index (κ2) is 5.09. The van der Waals surface area contributed by atoms with Crippen LogP contribution in [-0.2, 0) is 0 Å². The Labute approximate surface area is 106 Å². The van der Waals surface area contributed by atoms with Crippen molar-refractivity contribution in [3.05, 3.63) is 41.6 Å². The maximum absolute atomic E-state index is 2.62. The van der Waals surface area contributed by atoms with Crippen LogP contribution in [0.25, 0.3) is 3.59 Å². The molecule has 0 aliphatic heterocycles. The summed E-state index contributed by atoms with van der Waals surface area (Å²) >= 11 is -1.99. The van der Waals surface area contributed by atoms with Gasteiger partial charge in [-0.15, -0.1) is 0 Å². The molecule has 1 aromatic rings. The van der Waals surface area contributed by atoms with Crippen molar-refractivity contribution in [2.24, 2.45) is 0 Å². The summed E-state index contributed by atoms with van der Waals surface area (Å²) in [5.41, 5.74) is 4.09. The number of hydrogen-bond donors (Lipinski definition) is 0. The minimum atomic E-state index is -1.99. The fraction of sp³-hybridized carbons (Fsp3) is 0.429. The average molecular weight is 339 g/mol. The summed E-state index contributed by atoms with van der Waals surface area (Å²) in [6.45, 7) is 7.27. The van der Waals surface area contributed by atoms with Crippen LogP contribution in [0.2, 0.25) is 34.5 Å². The molecule has 0 nitrogen and oxygen atoms in total. The average Bonchev–Trinajstić information content (AvgIpc) is 2.13. The van der Waals surface area contributed by atoms with Gasteiger partial charge in [-0.3, -0.25) is 0 Å². The fourth-order valence-electron chi connectivity index (χ4n) is 1.78. The van der Waals surface area contributed by atoms with E-state index in [1.165, 1.54) is 5.56 Å². The third kappa shape index (κ3) is 4.46. The third-order valence-corrected chi connectivity index (χ3v) is 10.3. The molecule has 0 aromatic heterocycles. The third-order valence-electron chi connectivity index (χ3n) is 2.47. The van der Waals surface area contributed by atoms with E-state index in [2.05, 4.69) is 70.5 Å². The van der Waals surface area contributed by atoms with Crippen LogP contribution in [0, 0.1) is 0 Å². The van der Waals surface area contributed by atoms with Crippen molar-refractivity contribution in [1.82, 2.24) is 0 Å².